The second kappa shape index (κ2) is 4.94. The minimum Gasteiger partial charge on any atom is -0.324 e. The average molecular weight is 243 g/mol. The number of hydrogen-bond acceptors (Lipinski definition) is 2. The van der Waals surface area contributed by atoms with E-state index in [4.69, 9.17) is 5.73 Å². The van der Waals surface area contributed by atoms with Gasteiger partial charge in [0.1, 0.15) is 0 Å². The summed E-state index contributed by atoms with van der Waals surface area (Å²) in [5, 5.41) is 4.45. The summed E-state index contributed by atoms with van der Waals surface area (Å²) in [6.07, 6.45) is 0.963. The van der Waals surface area contributed by atoms with Crippen molar-refractivity contribution < 1.29 is 0 Å². The SMILES string of the molecule is CCC(N)c1ccc(-c2c(C)nn(C)c2C)cc1. The first-order chi connectivity index (χ1) is 8.54. The van der Waals surface area contributed by atoms with Gasteiger partial charge in [-0.25, -0.2) is 0 Å². The van der Waals surface area contributed by atoms with E-state index in [0.717, 1.165) is 12.1 Å². The van der Waals surface area contributed by atoms with E-state index in [1.807, 2.05) is 18.7 Å². The molecule has 96 valence electrons. The molecule has 1 aromatic heterocycles. The minimum absolute atomic E-state index is 0.134. The number of aromatic nitrogens is 2. The van der Waals surface area contributed by atoms with E-state index in [-0.39, 0.29) is 6.04 Å². The number of rotatable bonds is 3. The van der Waals surface area contributed by atoms with Crippen LogP contribution < -0.4 is 5.73 Å². The molecule has 3 heteroatoms. The third kappa shape index (κ3) is 2.18. The van der Waals surface area contributed by atoms with Crippen molar-refractivity contribution in [1.82, 2.24) is 9.78 Å². The van der Waals surface area contributed by atoms with Crippen LogP contribution in [-0.4, -0.2) is 9.78 Å². The highest BCUT2D eigenvalue weighted by Gasteiger charge is 2.11. The van der Waals surface area contributed by atoms with Crippen LogP contribution in [0.2, 0.25) is 0 Å². The molecule has 0 fully saturated rings. The lowest BCUT2D eigenvalue weighted by Gasteiger charge is -2.10. The summed E-state index contributed by atoms with van der Waals surface area (Å²) in [7, 11) is 1.98. The summed E-state index contributed by atoms with van der Waals surface area (Å²) in [6.45, 7) is 6.25. The largest absolute Gasteiger partial charge is 0.324 e. The van der Waals surface area contributed by atoms with Crippen LogP contribution in [0.3, 0.4) is 0 Å². The number of nitrogens with two attached hydrogens (primary N) is 1. The Morgan fingerprint density at radius 1 is 1.22 bits per heavy atom. The van der Waals surface area contributed by atoms with E-state index in [1.54, 1.807) is 0 Å². The maximum Gasteiger partial charge on any atom is 0.0674 e. The quantitative estimate of drug-likeness (QED) is 0.900. The van der Waals surface area contributed by atoms with Gasteiger partial charge in [0.2, 0.25) is 0 Å². The van der Waals surface area contributed by atoms with Crippen molar-refractivity contribution in [2.24, 2.45) is 12.8 Å². The highest BCUT2D eigenvalue weighted by Crippen LogP contribution is 2.27. The van der Waals surface area contributed by atoms with Gasteiger partial charge in [0.15, 0.2) is 0 Å². The monoisotopic (exact) mass is 243 g/mol. The molecule has 18 heavy (non-hydrogen) atoms. The molecule has 0 aliphatic carbocycles. The highest BCUT2D eigenvalue weighted by atomic mass is 15.3. The zero-order valence-electron chi connectivity index (χ0n) is 11.6. The summed E-state index contributed by atoms with van der Waals surface area (Å²) in [6, 6.07) is 8.66. The van der Waals surface area contributed by atoms with Crippen molar-refractivity contribution in [2.45, 2.75) is 33.2 Å². The van der Waals surface area contributed by atoms with Crippen molar-refractivity contribution in [3.8, 4) is 11.1 Å². The van der Waals surface area contributed by atoms with E-state index in [2.05, 4.69) is 43.2 Å². The molecule has 0 aliphatic heterocycles. The second-order valence-corrected chi connectivity index (χ2v) is 4.81. The minimum atomic E-state index is 0.134. The molecule has 0 radical (unpaired) electrons. The van der Waals surface area contributed by atoms with Gasteiger partial charge in [0.05, 0.1) is 5.69 Å². The average Bonchev–Trinajstić information content (AvgIpc) is 2.63. The Labute approximate surface area is 109 Å². The maximum absolute atomic E-state index is 6.03. The molecule has 0 saturated heterocycles. The molecule has 1 aromatic carbocycles. The molecule has 2 N–H and O–H groups in total. The van der Waals surface area contributed by atoms with Crippen molar-refractivity contribution >= 4 is 0 Å². The van der Waals surface area contributed by atoms with Gasteiger partial charge in [-0.15, -0.1) is 0 Å². The summed E-state index contributed by atoms with van der Waals surface area (Å²) >= 11 is 0. The molecular formula is C15H21N3. The van der Waals surface area contributed by atoms with E-state index in [1.165, 1.54) is 22.4 Å². The fourth-order valence-corrected chi connectivity index (χ4v) is 2.32. The number of nitrogens with zero attached hydrogens (tertiary/aromatic N) is 2. The van der Waals surface area contributed by atoms with E-state index in [0.29, 0.717) is 0 Å². The zero-order valence-corrected chi connectivity index (χ0v) is 11.6. The van der Waals surface area contributed by atoms with Crippen molar-refractivity contribution in [1.29, 1.82) is 0 Å². The molecule has 1 atom stereocenters. The van der Waals surface area contributed by atoms with Crippen LogP contribution in [0.25, 0.3) is 11.1 Å². The van der Waals surface area contributed by atoms with Gasteiger partial charge in [-0.1, -0.05) is 31.2 Å². The predicted octanol–water partition coefficient (Wildman–Crippen LogP) is 3.11. The van der Waals surface area contributed by atoms with Crippen LogP contribution in [0.4, 0.5) is 0 Å². The van der Waals surface area contributed by atoms with Crippen LogP contribution >= 0.6 is 0 Å². The molecule has 0 aliphatic rings. The molecule has 1 heterocycles. The molecule has 2 aromatic rings. The number of benzene rings is 1. The fraction of sp³-hybridized carbons (Fsp3) is 0.400. The van der Waals surface area contributed by atoms with Crippen LogP contribution in [0.1, 0.15) is 36.3 Å². The molecule has 2 rings (SSSR count). The van der Waals surface area contributed by atoms with Gasteiger partial charge < -0.3 is 5.73 Å². The summed E-state index contributed by atoms with van der Waals surface area (Å²) in [5.41, 5.74) is 11.9. The maximum atomic E-state index is 6.03. The van der Waals surface area contributed by atoms with E-state index >= 15 is 0 Å². The van der Waals surface area contributed by atoms with Gasteiger partial charge in [-0.3, -0.25) is 4.68 Å². The normalized spacial score (nSPS) is 12.7. The summed E-state index contributed by atoms with van der Waals surface area (Å²) < 4.78 is 1.93. The molecule has 0 saturated carbocycles. The van der Waals surface area contributed by atoms with Crippen LogP contribution in [0.15, 0.2) is 24.3 Å². The van der Waals surface area contributed by atoms with Crippen molar-refractivity contribution in [2.75, 3.05) is 0 Å². The van der Waals surface area contributed by atoms with Gasteiger partial charge >= 0.3 is 0 Å². The standard InChI is InChI=1S/C15H21N3/c1-5-14(16)12-6-8-13(9-7-12)15-10(2)17-18(4)11(15)3/h6-9,14H,5,16H2,1-4H3. The Kier molecular flexibility index (Phi) is 3.53. The molecule has 0 amide bonds. The van der Waals surface area contributed by atoms with Crippen molar-refractivity contribution in [3.63, 3.8) is 0 Å². The lowest BCUT2D eigenvalue weighted by molar-refractivity contribution is 0.699. The van der Waals surface area contributed by atoms with Crippen LogP contribution in [0.5, 0.6) is 0 Å². The Bertz CT molecular complexity index is 538. The first-order valence-electron chi connectivity index (χ1n) is 6.40. The highest BCUT2D eigenvalue weighted by molar-refractivity contribution is 5.68. The van der Waals surface area contributed by atoms with Crippen LogP contribution in [0, 0.1) is 13.8 Å². The third-order valence-corrected chi connectivity index (χ3v) is 3.58. The Morgan fingerprint density at radius 2 is 1.83 bits per heavy atom. The van der Waals surface area contributed by atoms with Gasteiger partial charge in [-0.05, 0) is 31.4 Å². The molecular weight excluding hydrogens is 222 g/mol. The molecule has 1 unspecified atom stereocenters. The number of aryl methyl sites for hydroxylation is 2. The zero-order chi connectivity index (χ0) is 13.3. The van der Waals surface area contributed by atoms with Crippen molar-refractivity contribution in [3.05, 3.63) is 41.2 Å². The Balaban J connectivity index is 2.40. The second-order valence-electron chi connectivity index (χ2n) is 4.81. The lowest BCUT2D eigenvalue weighted by Crippen LogP contribution is -2.08. The van der Waals surface area contributed by atoms with Gasteiger partial charge in [-0.2, -0.15) is 5.10 Å². The van der Waals surface area contributed by atoms with E-state index in [9.17, 15) is 0 Å². The molecule has 0 bridgehead atoms. The van der Waals surface area contributed by atoms with E-state index < -0.39 is 0 Å². The fourth-order valence-electron chi connectivity index (χ4n) is 2.32. The van der Waals surface area contributed by atoms with Gasteiger partial charge in [0.25, 0.3) is 0 Å². The third-order valence-electron chi connectivity index (χ3n) is 3.58. The predicted molar refractivity (Wildman–Crippen MR) is 75.3 cm³/mol. The first kappa shape index (κ1) is 12.8. The molecule has 0 spiro atoms. The lowest BCUT2D eigenvalue weighted by atomic mass is 9.99. The summed E-state index contributed by atoms with van der Waals surface area (Å²) in [4.78, 5) is 0. The first-order valence-corrected chi connectivity index (χ1v) is 6.40. The Hall–Kier alpha value is -1.61. The Morgan fingerprint density at radius 3 is 2.28 bits per heavy atom. The van der Waals surface area contributed by atoms with Gasteiger partial charge in [0, 0.05) is 24.3 Å². The topological polar surface area (TPSA) is 43.8 Å². The number of hydrogen-bond donors (Lipinski definition) is 1. The smallest absolute Gasteiger partial charge is 0.0674 e. The van der Waals surface area contributed by atoms with Crippen LogP contribution in [-0.2, 0) is 7.05 Å². The summed E-state index contributed by atoms with van der Waals surface area (Å²) in [5.74, 6) is 0. The molecule has 3 nitrogen and oxygen atoms in total.